The van der Waals surface area contributed by atoms with Gasteiger partial charge in [0.25, 0.3) is 0 Å². The zero-order valence-electron chi connectivity index (χ0n) is 16.3. The second kappa shape index (κ2) is 9.08. The largest absolute Gasteiger partial charge is 0.465 e. The van der Waals surface area contributed by atoms with Crippen molar-refractivity contribution in [2.24, 2.45) is 0 Å². The number of hydrogen-bond donors (Lipinski definition) is 0. The second-order valence-corrected chi connectivity index (χ2v) is 7.15. The molecule has 2 aliphatic heterocycles. The number of ether oxygens (including phenoxy) is 3. The number of nitrogens with zero attached hydrogens (tertiary/aromatic N) is 3. The molecule has 6 heteroatoms. The monoisotopic (exact) mass is 381 g/mol. The first-order valence-corrected chi connectivity index (χ1v) is 9.81. The molecule has 3 aliphatic rings. The predicted molar refractivity (Wildman–Crippen MR) is 108 cm³/mol. The average Bonchev–Trinajstić information content (AvgIpc) is 2.76. The van der Waals surface area contributed by atoms with Crippen LogP contribution in [0.15, 0.2) is 66.2 Å². The van der Waals surface area contributed by atoms with E-state index in [-0.39, 0.29) is 0 Å². The van der Waals surface area contributed by atoms with Gasteiger partial charge in [-0.15, -0.1) is 0 Å². The third-order valence-corrected chi connectivity index (χ3v) is 5.30. The summed E-state index contributed by atoms with van der Waals surface area (Å²) in [4.78, 5) is 9.48. The zero-order valence-corrected chi connectivity index (χ0v) is 16.3. The Hall–Kier alpha value is -2.57. The summed E-state index contributed by atoms with van der Waals surface area (Å²) in [6, 6.07) is 4.07. The van der Waals surface area contributed by atoms with Crippen molar-refractivity contribution in [2.45, 2.75) is 19.4 Å². The molecule has 148 valence electrons. The maximum absolute atomic E-state index is 5.65. The highest BCUT2D eigenvalue weighted by Gasteiger charge is 2.23. The first-order valence-electron chi connectivity index (χ1n) is 9.81. The summed E-state index contributed by atoms with van der Waals surface area (Å²) in [6.45, 7) is 5.52. The molecular formula is C22H27N3O3. The molecular weight excluding hydrogens is 354 g/mol. The summed E-state index contributed by atoms with van der Waals surface area (Å²) in [5.74, 6) is 1.85. The summed E-state index contributed by atoms with van der Waals surface area (Å²) >= 11 is 0. The summed E-state index contributed by atoms with van der Waals surface area (Å²) in [5, 5.41) is 0. The summed E-state index contributed by atoms with van der Waals surface area (Å²) in [6.07, 6.45) is 13.2. The van der Waals surface area contributed by atoms with Gasteiger partial charge >= 0.3 is 0 Å². The van der Waals surface area contributed by atoms with Crippen LogP contribution in [0.2, 0.25) is 0 Å². The molecule has 0 N–H and O–H groups in total. The van der Waals surface area contributed by atoms with Gasteiger partial charge in [0, 0.05) is 57.2 Å². The maximum Gasteiger partial charge on any atom is 0.168 e. The molecule has 0 aromatic carbocycles. The number of allylic oxidation sites excluding steroid dienone is 2. The lowest BCUT2D eigenvalue weighted by atomic mass is 9.95. The van der Waals surface area contributed by atoms with Gasteiger partial charge in [0.05, 0.1) is 6.61 Å². The van der Waals surface area contributed by atoms with Gasteiger partial charge in [-0.3, -0.25) is 4.90 Å². The lowest BCUT2D eigenvalue weighted by Crippen LogP contribution is -2.47. The molecule has 28 heavy (non-hydrogen) atoms. The zero-order chi connectivity index (χ0) is 19.2. The number of anilines is 1. The van der Waals surface area contributed by atoms with Gasteiger partial charge in [-0.05, 0) is 24.5 Å². The number of hydrogen-bond acceptors (Lipinski definition) is 6. The van der Waals surface area contributed by atoms with E-state index in [0.29, 0.717) is 6.61 Å². The number of rotatable bonds is 6. The Morgan fingerprint density at radius 1 is 1.18 bits per heavy atom. The summed E-state index contributed by atoms with van der Waals surface area (Å²) < 4.78 is 16.3. The molecule has 0 unspecified atom stereocenters. The van der Waals surface area contributed by atoms with Crippen LogP contribution in [0.3, 0.4) is 0 Å². The van der Waals surface area contributed by atoms with Crippen LogP contribution in [0.1, 0.15) is 18.4 Å². The quantitative estimate of drug-likeness (QED) is 0.753. The van der Waals surface area contributed by atoms with Crippen LogP contribution in [0, 0.1) is 0 Å². The Labute approximate surface area is 166 Å². The SMILES string of the molecule is COCc1cccnc1N1CCN(CC2=C(C3=COC=CO3)C=CCC2)CC1. The van der Waals surface area contributed by atoms with E-state index in [1.807, 2.05) is 12.3 Å². The number of piperazine rings is 1. The highest BCUT2D eigenvalue weighted by Crippen LogP contribution is 2.28. The molecule has 0 amide bonds. The lowest BCUT2D eigenvalue weighted by molar-refractivity contribution is 0.184. The van der Waals surface area contributed by atoms with E-state index in [9.17, 15) is 0 Å². The molecule has 6 nitrogen and oxygen atoms in total. The Morgan fingerprint density at radius 2 is 2.07 bits per heavy atom. The maximum atomic E-state index is 5.65. The highest BCUT2D eigenvalue weighted by atomic mass is 16.5. The normalized spacial score (nSPS) is 20.0. The third kappa shape index (κ3) is 4.29. The topological polar surface area (TPSA) is 47.1 Å². The molecule has 0 bridgehead atoms. The van der Waals surface area contributed by atoms with Crippen LogP contribution in [0.4, 0.5) is 5.82 Å². The van der Waals surface area contributed by atoms with Crippen molar-refractivity contribution in [1.82, 2.24) is 9.88 Å². The fourth-order valence-electron chi connectivity index (χ4n) is 3.89. The van der Waals surface area contributed by atoms with E-state index in [2.05, 4.69) is 33.0 Å². The Balaban J connectivity index is 1.41. The first kappa shape index (κ1) is 18.8. The molecule has 3 heterocycles. The first-order chi connectivity index (χ1) is 13.8. The molecule has 0 saturated carbocycles. The van der Waals surface area contributed by atoms with Crippen LogP contribution < -0.4 is 4.90 Å². The number of aromatic nitrogens is 1. The minimum Gasteiger partial charge on any atom is -0.465 e. The van der Waals surface area contributed by atoms with Gasteiger partial charge in [0.15, 0.2) is 5.76 Å². The summed E-state index contributed by atoms with van der Waals surface area (Å²) in [5.41, 5.74) is 3.72. The Morgan fingerprint density at radius 3 is 2.86 bits per heavy atom. The Kier molecular flexibility index (Phi) is 6.09. The van der Waals surface area contributed by atoms with Crippen LogP contribution in [-0.4, -0.2) is 49.7 Å². The fraction of sp³-hybridized carbons (Fsp3) is 0.409. The van der Waals surface area contributed by atoms with Gasteiger partial charge in [0.1, 0.15) is 24.6 Å². The van der Waals surface area contributed by atoms with Crippen LogP contribution in [0.25, 0.3) is 0 Å². The van der Waals surface area contributed by atoms with Gasteiger partial charge in [-0.2, -0.15) is 0 Å². The number of methoxy groups -OCH3 is 1. The van der Waals surface area contributed by atoms with E-state index in [1.54, 1.807) is 25.9 Å². The molecule has 0 atom stereocenters. The minimum absolute atomic E-state index is 0.595. The van der Waals surface area contributed by atoms with Crippen molar-refractivity contribution >= 4 is 5.82 Å². The molecule has 0 spiro atoms. The van der Waals surface area contributed by atoms with E-state index in [1.165, 1.54) is 5.57 Å². The molecule has 1 aliphatic carbocycles. The highest BCUT2D eigenvalue weighted by molar-refractivity contribution is 5.47. The van der Waals surface area contributed by atoms with Gasteiger partial charge in [-0.1, -0.05) is 18.2 Å². The average molecular weight is 381 g/mol. The van der Waals surface area contributed by atoms with Gasteiger partial charge < -0.3 is 19.1 Å². The molecule has 1 fully saturated rings. The van der Waals surface area contributed by atoms with E-state index < -0.39 is 0 Å². The third-order valence-electron chi connectivity index (χ3n) is 5.30. The van der Waals surface area contributed by atoms with Crippen molar-refractivity contribution in [2.75, 3.05) is 44.7 Å². The van der Waals surface area contributed by atoms with Gasteiger partial charge in [0.2, 0.25) is 0 Å². The van der Waals surface area contributed by atoms with Crippen molar-refractivity contribution in [3.63, 3.8) is 0 Å². The van der Waals surface area contributed by atoms with Crippen molar-refractivity contribution in [3.05, 3.63) is 71.7 Å². The minimum atomic E-state index is 0.595. The molecule has 1 aromatic rings. The second-order valence-electron chi connectivity index (χ2n) is 7.15. The Bertz CT molecular complexity index is 805. The van der Waals surface area contributed by atoms with Crippen LogP contribution >= 0.6 is 0 Å². The number of pyridine rings is 1. The van der Waals surface area contributed by atoms with Crippen molar-refractivity contribution in [1.29, 1.82) is 0 Å². The molecule has 1 aromatic heterocycles. The van der Waals surface area contributed by atoms with Gasteiger partial charge in [-0.25, -0.2) is 4.98 Å². The van der Waals surface area contributed by atoms with E-state index in [4.69, 9.17) is 14.2 Å². The smallest absolute Gasteiger partial charge is 0.168 e. The van der Waals surface area contributed by atoms with E-state index in [0.717, 1.165) is 68.3 Å². The lowest BCUT2D eigenvalue weighted by Gasteiger charge is -2.37. The van der Waals surface area contributed by atoms with E-state index >= 15 is 0 Å². The van der Waals surface area contributed by atoms with Crippen LogP contribution in [-0.2, 0) is 20.8 Å². The molecule has 1 saturated heterocycles. The predicted octanol–water partition coefficient (Wildman–Crippen LogP) is 3.36. The summed E-state index contributed by atoms with van der Waals surface area (Å²) in [7, 11) is 1.73. The standard InChI is InChI=1S/C22H27N3O3/c1-26-16-19-6-4-8-23-22(19)25-11-9-24(10-12-25)15-18-5-2-3-7-20(18)21-17-27-13-14-28-21/h3-4,6-8,13-14,17H,2,5,9-12,15-16H2,1H3. The molecule has 4 rings (SSSR count). The fourth-order valence-corrected chi connectivity index (χ4v) is 3.89. The van der Waals surface area contributed by atoms with Crippen LogP contribution in [0.5, 0.6) is 0 Å². The van der Waals surface area contributed by atoms with Crippen molar-refractivity contribution in [3.8, 4) is 0 Å². The molecule has 0 radical (unpaired) electrons. The van der Waals surface area contributed by atoms with Crippen molar-refractivity contribution < 1.29 is 14.2 Å².